The first kappa shape index (κ1) is 15.9. The van der Waals surface area contributed by atoms with Crippen molar-refractivity contribution >= 4 is 28.5 Å². The van der Waals surface area contributed by atoms with Crippen molar-refractivity contribution in [3.63, 3.8) is 0 Å². The number of amidine groups is 1. The molecule has 114 valence electrons. The number of nitrogens with one attached hydrogen (secondary N) is 2. The number of hydrogen-bond acceptors (Lipinski definition) is 6. The Morgan fingerprint density at radius 2 is 2.27 bits per heavy atom. The van der Waals surface area contributed by atoms with Gasteiger partial charge in [0, 0.05) is 17.6 Å². The molecule has 2 rings (SSSR count). The van der Waals surface area contributed by atoms with Crippen molar-refractivity contribution in [1.29, 1.82) is 5.26 Å². The maximum atomic E-state index is 12.0. The number of hydrogen-bond donors (Lipinski definition) is 2. The van der Waals surface area contributed by atoms with Crippen molar-refractivity contribution in [1.82, 2.24) is 5.32 Å². The van der Waals surface area contributed by atoms with Gasteiger partial charge in [-0.05, 0) is 31.2 Å². The zero-order valence-corrected chi connectivity index (χ0v) is 12.9. The van der Waals surface area contributed by atoms with Crippen molar-refractivity contribution in [2.75, 3.05) is 24.2 Å². The molecule has 2 N–H and O–H groups in total. The van der Waals surface area contributed by atoms with Crippen molar-refractivity contribution in [2.24, 2.45) is 4.99 Å². The highest BCUT2D eigenvalue weighted by Gasteiger charge is 2.11. The van der Waals surface area contributed by atoms with Crippen LogP contribution in [0.4, 0.5) is 5.69 Å². The number of nitrogens with zero attached hydrogens (tertiary/aromatic N) is 2. The smallest absolute Gasteiger partial charge is 0.267 e. The molecule has 7 heteroatoms. The lowest BCUT2D eigenvalue weighted by atomic mass is 10.2. The Hall–Kier alpha value is -2.46. The van der Waals surface area contributed by atoms with Crippen LogP contribution in [0.25, 0.3) is 0 Å². The highest BCUT2D eigenvalue weighted by Crippen LogP contribution is 2.16. The number of carbonyl (C=O) groups excluding carboxylic acids is 1. The number of ether oxygens (including phenoxy) is 1. The molecule has 6 nitrogen and oxygen atoms in total. The van der Waals surface area contributed by atoms with E-state index in [0.29, 0.717) is 12.3 Å². The van der Waals surface area contributed by atoms with Crippen LogP contribution in [0.1, 0.15) is 6.92 Å². The molecule has 22 heavy (non-hydrogen) atoms. The molecule has 0 atom stereocenters. The molecule has 0 saturated carbocycles. The number of aliphatic imine (C=N–C) groups is 1. The SMILES string of the molecule is CCOc1ccc(NC(=O)/C(C#N)=C\NC2=NCCS2)cc1. The van der Waals surface area contributed by atoms with E-state index in [1.165, 1.54) is 6.20 Å². The molecule has 1 aliphatic rings. The van der Waals surface area contributed by atoms with Crippen molar-refractivity contribution < 1.29 is 9.53 Å². The molecule has 0 fully saturated rings. The highest BCUT2D eigenvalue weighted by molar-refractivity contribution is 8.14. The second-order valence-electron chi connectivity index (χ2n) is 4.26. The topological polar surface area (TPSA) is 86.5 Å². The van der Waals surface area contributed by atoms with Gasteiger partial charge in [0.1, 0.15) is 17.4 Å². The Morgan fingerprint density at radius 3 is 2.86 bits per heavy atom. The molecule has 1 aliphatic heterocycles. The third-order valence-electron chi connectivity index (χ3n) is 2.71. The molecule has 0 spiro atoms. The third-order valence-corrected chi connectivity index (χ3v) is 3.62. The Morgan fingerprint density at radius 1 is 1.50 bits per heavy atom. The van der Waals surface area contributed by atoms with Crippen LogP contribution in [0.5, 0.6) is 5.75 Å². The summed E-state index contributed by atoms with van der Waals surface area (Å²) in [7, 11) is 0. The van der Waals surface area contributed by atoms with E-state index < -0.39 is 5.91 Å². The summed E-state index contributed by atoms with van der Waals surface area (Å²) in [5.74, 6) is 1.17. The molecule has 1 aromatic rings. The van der Waals surface area contributed by atoms with Gasteiger partial charge in [0.15, 0.2) is 5.17 Å². The second kappa shape index (κ2) is 8.10. The number of nitriles is 1. The number of amides is 1. The van der Waals surface area contributed by atoms with E-state index in [1.54, 1.807) is 36.0 Å². The highest BCUT2D eigenvalue weighted by atomic mass is 32.2. The fourth-order valence-corrected chi connectivity index (χ4v) is 2.41. The summed E-state index contributed by atoms with van der Waals surface area (Å²) >= 11 is 1.56. The number of carbonyl (C=O) groups is 1. The summed E-state index contributed by atoms with van der Waals surface area (Å²) in [6.45, 7) is 3.24. The predicted octanol–water partition coefficient (Wildman–Crippen LogP) is 2.12. The summed E-state index contributed by atoms with van der Waals surface area (Å²) in [6.07, 6.45) is 1.38. The molecule has 1 aromatic carbocycles. The lowest BCUT2D eigenvalue weighted by Gasteiger charge is -2.07. The molecule has 1 amide bonds. The van der Waals surface area contributed by atoms with Crippen molar-refractivity contribution in [3.8, 4) is 11.8 Å². The van der Waals surface area contributed by atoms with Crippen LogP contribution < -0.4 is 15.4 Å². The maximum Gasteiger partial charge on any atom is 0.267 e. The minimum Gasteiger partial charge on any atom is -0.494 e. The Bertz CT molecular complexity index is 632. The first-order valence-electron chi connectivity index (χ1n) is 6.81. The van der Waals surface area contributed by atoms with E-state index in [0.717, 1.165) is 23.2 Å². The largest absolute Gasteiger partial charge is 0.494 e. The molecule has 0 unspecified atom stereocenters. The minimum absolute atomic E-state index is 0.0101. The van der Waals surface area contributed by atoms with Gasteiger partial charge in [-0.1, -0.05) is 11.8 Å². The second-order valence-corrected chi connectivity index (χ2v) is 5.34. The number of rotatable bonds is 5. The quantitative estimate of drug-likeness (QED) is 0.642. The monoisotopic (exact) mass is 316 g/mol. The van der Waals surface area contributed by atoms with Gasteiger partial charge >= 0.3 is 0 Å². The van der Waals surface area contributed by atoms with E-state index in [-0.39, 0.29) is 5.57 Å². The zero-order valence-electron chi connectivity index (χ0n) is 12.1. The Kier molecular flexibility index (Phi) is 5.86. The van der Waals surface area contributed by atoms with E-state index in [2.05, 4.69) is 15.6 Å². The molecule has 0 saturated heterocycles. The van der Waals surface area contributed by atoms with Crippen LogP contribution in [-0.2, 0) is 4.79 Å². The summed E-state index contributed by atoms with van der Waals surface area (Å²) in [6, 6.07) is 8.85. The van der Waals surface area contributed by atoms with Crippen LogP contribution >= 0.6 is 11.8 Å². The minimum atomic E-state index is -0.470. The molecule has 0 radical (unpaired) electrons. The van der Waals surface area contributed by atoms with Gasteiger partial charge < -0.3 is 15.4 Å². The molecule has 0 bridgehead atoms. The van der Waals surface area contributed by atoms with E-state index in [4.69, 9.17) is 10.00 Å². The van der Waals surface area contributed by atoms with Gasteiger partial charge in [-0.25, -0.2) is 0 Å². The average Bonchev–Trinajstić information content (AvgIpc) is 3.03. The van der Waals surface area contributed by atoms with Gasteiger partial charge in [0.25, 0.3) is 5.91 Å². The molecule has 1 heterocycles. The third kappa shape index (κ3) is 4.53. The first-order valence-corrected chi connectivity index (χ1v) is 7.79. The predicted molar refractivity (Wildman–Crippen MR) is 87.8 cm³/mol. The zero-order chi connectivity index (χ0) is 15.8. The maximum absolute atomic E-state index is 12.0. The summed E-state index contributed by atoms with van der Waals surface area (Å²) in [5.41, 5.74) is 0.589. The summed E-state index contributed by atoms with van der Waals surface area (Å²) < 4.78 is 5.33. The fourth-order valence-electron chi connectivity index (χ4n) is 1.70. The van der Waals surface area contributed by atoms with Gasteiger partial charge in [0.05, 0.1) is 13.2 Å². The van der Waals surface area contributed by atoms with Crippen LogP contribution in [0, 0.1) is 11.3 Å². The van der Waals surface area contributed by atoms with Crippen molar-refractivity contribution in [2.45, 2.75) is 6.92 Å². The number of benzene rings is 1. The molecule has 0 aliphatic carbocycles. The standard InChI is InChI=1S/C15H16N4O2S/c1-2-21-13-5-3-12(4-6-13)19-14(20)11(9-16)10-18-15-17-7-8-22-15/h3-6,10H,2,7-8H2,1H3,(H,17,18)(H,19,20)/b11-10-. The molecular weight excluding hydrogens is 300 g/mol. The van der Waals surface area contributed by atoms with Crippen molar-refractivity contribution in [3.05, 3.63) is 36.0 Å². The number of thioether (sulfide) groups is 1. The summed E-state index contributed by atoms with van der Waals surface area (Å²) in [4.78, 5) is 16.2. The van der Waals surface area contributed by atoms with Crippen LogP contribution in [0.3, 0.4) is 0 Å². The Labute approximate surface area is 133 Å². The lowest BCUT2D eigenvalue weighted by Crippen LogP contribution is -2.18. The number of anilines is 1. The normalized spacial score (nSPS) is 14.0. The first-order chi connectivity index (χ1) is 10.7. The average molecular weight is 316 g/mol. The van der Waals surface area contributed by atoms with Gasteiger partial charge in [-0.2, -0.15) is 5.26 Å². The lowest BCUT2D eigenvalue weighted by molar-refractivity contribution is -0.112. The Balaban J connectivity index is 1.96. The van der Waals surface area contributed by atoms with Crippen LogP contribution in [0.2, 0.25) is 0 Å². The van der Waals surface area contributed by atoms with Gasteiger partial charge in [-0.15, -0.1) is 0 Å². The fraction of sp³-hybridized carbons (Fsp3) is 0.267. The van der Waals surface area contributed by atoms with Crippen LogP contribution in [0.15, 0.2) is 41.0 Å². The van der Waals surface area contributed by atoms with E-state index in [9.17, 15) is 4.79 Å². The van der Waals surface area contributed by atoms with E-state index in [1.807, 2.05) is 13.0 Å². The van der Waals surface area contributed by atoms with E-state index >= 15 is 0 Å². The van der Waals surface area contributed by atoms with Crippen LogP contribution in [-0.4, -0.2) is 30.0 Å². The van der Waals surface area contributed by atoms with Gasteiger partial charge in [-0.3, -0.25) is 9.79 Å². The molecular formula is C15H16N4O2S. The van der Waals surface area contributed by atoms with Gasteiger partial charge in [0.2, 0.25) is 0 Å². The molecule has 0 aromatic heterocycles. The summed E-state index contributed by atoms with van der Waals surface area (Å²) in [5, 5.41) is 15.3.